The van der Waals surface area contributed by atoms with E-state index in [0.717, 1.165) is 18.7 Å². The molecule has 0 atom stereocenters. The number of carbonyl (C=O) groups is 1. The van der Waals surface area contributed by atoms with Crippen LogP contribution < -0.4 is 10.6 Å². The zero-order chi connectivity index (χ0) is 13.0. The highest BCUT2D eigenvalue weighted by Crippen LogP contribution is 2.44. The highest BCUT2D eigenvalue weighted by molar-refractivity contribution is 5.79. The van der Waals surface area contributed by atoms with Gasteiger partial charge in [0, 0.05) is 18.5 Å². The lowest BCUT2D eigenvalue weighted by molar-refractivity contribution is -0.120. The molecule has 0 spiro atoms. The summed E-state index contributed by atoms with van der Waals surface area (Å²) in [6, 6.07) is 8.06. The van der Waals surface area contributed by atoms with Crippen molar-refractivity contribution in [2.24, 2.45) is 5.41 Å². The first-order valence-electron chi connectivity index (χ1n) is 6.61. The summed E-state index contributed by atoms with van der Waals surface area (Å²) in [6.45, 7) is 3.85. The van der Waals surface area contributed by atoms with Gasteiger partial charge in [0.25, 0.3) is 0 Å². The van der Waals surface area contributed by atoms with Gasteiger partial charge in [0.2, 0.25) is 5.91 Å². The lowest BCUT2D eigenvalue weighted by Crippen LogP contribution is -2.35. The maximum Gasteiger partial charge on any atom is 0.224 e. The van der Waals surface area contributed by atoms with Gasteiger partial charge >= 0.3 is 0 Å². The van der Waals surface area contributed by atoms with Gasteiger partial charge in [0.15, 0.2) is 0 Å². The second-order valence-electron chi connectivity index (χ2n) is 5.41. The van der Waals surface area contributed by atoms with Crippen molar-refractivity contribution in [2.75, 3.05) is 20.1 Å². The normalized spacial score (nSPS) is 16.3. The number of aryl methyl sites for hydroxylation is 1. The lowest BCUT2D eigenvalue weighted by Gasteiger charge is -2.15. The van der Waals surface area contributed by atoms with E-state index >= 15 is 0 Å². The molecule has 2 N–H and O–H groups in total. The molecule has 0 aromatic heterocycles. The summed E-state index contributed by atoms with van der Waals surface area (Å²) in [7, 11) is 1.97. The number of hydrogen-bond acceptors (Lipinski definition) is 2. The Bertz CT molecular complexity index is 424. The summed E-state index contributed by atoms with van der Waals surface area (Å²) >= 11 is 0. The van der Waals surface area contributed by atoms with Crippen molar-refractivity contribution in [1.29, 1.82) is 0 Å². The second-order valence-corrected chi connectivity index (χ2v) is 5.41. The molecular formula is C15H22N2O. The Balaban J connectivity index is 1.81. The number of amides is 1. The zero-order valence-corrected chi connectivity index (χ0v) is 11.3. The van der Waals surface area contributed by atoms with Crippen molar-refractivity contribution in [3.8, 4) is 0 Å². The van der Waals surface area contributed by atoms with Gasteiger partial charge in [-0.05, 0) is 37.9 Å². The summed E-state index contributed by atoms with van der Waals surface area (Å²) in [6.07, 6.45) is 2.93. The van der Waals surface area contributed by atoms with Crippen molar-refractivity contribution >= 4 is 5.91 Å². The third-order valence-corrected chi connectivity index (χ3v) is 3.78. The Hall–Kier alpha value is -1.35. The van der Waals surface area contributed by atoms with Crippen LogP contribution in [0.25, 0.3) is 0 Å². The Morgan fingerprint density at radius 1 is 1.28 bits per heavy atom. The summed E-state index contributed by atoms with van der Waals surface area (Å²) in [4.78, 5) is 11.9. The van der Waals surface area contributed by atoms with E-state index in [0.29, 0.717) is 11.8 Å². The standard InChI is InChI=1S/C15H22N2O/c1-12-5-3-4-6-13(12)9-14(18)17-11-15(7-8-15)10-16-2/h3-6,16H,7-11H2,1-2H3,(H,17,18). The maximum absolute atomic E-state index is 11.9. The fourth-order valence-electron chi connectivity index (χ4n) is 2.30. The number of hydrogen-bond donors (Lipinski definition) is 2. The first kappa shape index (κ1) is 13.1. The van der Waals surface area contributed by atoms with E-state index in [1.165, 1.54) is 18.4 Å². The van der Waals surface area contributed by atoms with Gasteiger partial charge in [-0.15, -0.1) is 0 Å². The highest BCUT2D eigenvalue weighted by atomic mass is 16.1. The summed E-state index contributed by atoms with van der Waals surface area (Å²) < 4.78 is 0. The Kier molecular flexibility index (Phi) is 4.02. The van der Waals surface area contributed by atoms with Crippen molar-refractivity contribution in [3.05, 3.63) is 35.4 Å². The van der Waals surface area contributed by atoms with Crippen molar-refractivity contribution in [2.45, 2.75) is 26.2 Å². The van der Waals surface area contributed by atoms with E-state index in [2.05, 4.69) is 10.6 Å². The minimum Gasteiger partial charge on any atom is -0.355 e. The monoisotopic (exact) mass is 246 g/mol. The first-order chi connectivity index (χ1) is 8.65. The van der Waals surface area contributed by atoms with E-state index in [1.54, 1.807) is 0 Å². The van der Waals surface area contributed by atoms with Gasteiger partial charge in [-0.3, -0.25) is 4.79 Å². The first-order valence-corrected chi connectivity index (χ1v) is 6.61. The van der Waals surface area contributed by atoms with Crippen LogP contribution in [0.15, 0.2) is 24.3 Å². The molecule has 98 valence electrons. The number of carbonyl (C=O) groups excluding carboxylic acids is 1. The fraction of sp³-hybridized carbons (Fsp3) is 0.533. The molecule has 0 saturated heterocycles. The summed E-state index contributed by atoms with van der Waals surface area (Å²) in [5.74, 6) is 0.131. The van der Waals surface area contributed by atoms with Crippen LogP contribution in [0.2, 0.25) is 0 Å². The van der Waals surface area contributed by atoms with Crippen LogP contribution in [0, 0.1) is 12.3 Å². The molecule has 0 bridgehead atoms. The number of nitrogens with one attached hydrogen (secondary N) is 2. The zero-order valence-electron chi connectivity index (χ0n) is 11.3. The molecule has 3 nitrogen and oxygen atoms in total. The third kappa shape index (κ3) is 3.33. The van der Waals surface area contributed by atoms with Gasteiger partial charge in [0.1, 0.15) is 0 Å². The Morgan fingerprint density at radius 3 is 2.61 bits per heavy atom. The van der Waals surface area contributed by atoms with Crippen LogP contribution in [0.5, 0.6) is 0 Å². The number of rotatable bonds is 6. The molecule has 2 rings (SSSR count). The average molecular weight is 246 g/mol. The van der Waals surface area contributed by atoms with Crippen LogP contribution in [0.1, 0.15) is 24.0 Å². The Labute approximate surface area is 109 Å². The minimum atomic E-state index is 0.131. The fourth-order valence-corrected chi connectivity index (χ4v) is 2.30. The molecule has 18 heavy (non-hydrogen) atoms. The predicted molar refractivity (Wildman–Crippen MR) is 73.5 cm³/mol. The molecule has 0 heterocycles. The molecule has 1 aromatic carbocycles. The molecule has 1 aliphatic rings. The summed E-state index contributed by atoms with van der Waals surface area (Å²) in [5.41, 5.74) is 2.63. The van der Waals surface area contributed by atoms with E-state index in [4.69, 9.17) is 0 Å². The van der Waals surface area contributed by atoms with Crippen LogP contribution in [0.4, 0.5) is 0 Å². The summed E-state index contributed by atoms with van der Waals surface area (Å²) in [5, 5.41) is 6.27. The highest BCUT2D eigenvalue weighted by Gasteiger charge is 2.41. The average Bonchev–Trinajstić information content (AvgIpc) is 3.11. The molecule has 1 saturated carbocycles. The number of benzene rings is 1. The van der Waals surface area contributed by atoms with Crippen molar-refractivity contribution < 1.29 is 4.79 Å². The largest absolute Gasteiger partial charge is 0.355 e. The van der Waals surface area contributed by atoms with Crippen molar-refractivity contribution in [1.82, 2.24) is 10.6 Å². The van der Waals surface area contributed by atoms with Crippen LogP contribution in [-0.2, 0) is 11.2 Å². The van der Waals surface area contributed by atoms with E-state index < -0.39 is 0 Å². The molecule has 1 fully saturated rings. The molecular weight excluding hydrogens is 224 g/mol. The maximum atomic E-state index is 11.9. The smallest absolute Gasteiger partial charge is 0.224 e. The van der Waals surface area contributed by atoms with Gasteiger partial charge in [-0.2, -0.15) is 0 Å². The minimum absolute atomic E-state index is 0.131. The Morgan fingerprint density at radius 2 is 2.00 bits per heavy atom. The second kappa shape index (κ2) is 5.53. The molecule has 1 aromatic rings. The van der Waals surface area contributed by atoms with Gasteiger partial charge in [-0.25, -0.2) is 0 Å². The topological polar surface area (TPSA) is 41.1 Å². The van der Waals surface area contributed by atoms with Crippen LogP contribution in [-0.4, -0.2) is 26.0 Å². The van der Waals surface area contributed by atoms with Crippen molar-refractivity contribution in [3.63, 3.8) is 0 Å². The SMILES string of the molecule is CNCC1(CNC(=O)Cc2ccccc2C)CC1. The van der Waals surface area contributed by atoms with E-state index in [1.807, 2.05) is 38.2 Å². The van der Waals surface area contributed by atoms with Crippen LogP contribution >= 0.6 is 0 Å². The van der Waals surface area contributed by atoms with Crippen LogP contribution in [0.3, 0.4) is 0 Å². The predicted octanol–water partition coefficient (Wildman–Crippen LogP) is 1.65. The lowest BCUT2D eigenvalue weighted by atomic mass is 10.0. The molecule has 0 radical (unpaired) electrons. The molecule has 0 aliphatic heterocycles. The van der Waals surface area contributed by atoms with Gasteiger partial charge < -0.3 is 10.6 Å². The molecule has 1 amide bonds. The molecule has 3 heteroatoms. The quantitative estimate of drug-likeness (QED) is 0.801. The van der Waals surface area contributed by atoms with Gasteiger partial charge in [0.05, 0.1) is 6.42 Å². The van der Waals surface area contributed by atoms with E-state index in [-0.39, 0.29) is 5.91 Å². The van der Waals surface area contributed by atoms with Gasteiger partial charge in [-0.1, -0.05) is 24.3 Å². The van der Waals surface area contributed by atoms with E-state index in [9.17, 15) is 4.79 Å². The third-order valence-electron chi connectivity index (χ3n) is 3.78. The molecule has 1 aliphatic carbocycles. The molecule has 0 unspecified atom stereocenters.